The first-order chi connectivity index (χ1) is 10.2. The van der Waals surface area contributed by atoms with Crippen LogP contribution in [0.25, 0.3) is 5.69 Å². The molecule has 0 amide bonds. The molecule has 0 atom stereocenters. The molecule has 0 spiro atoms. The Bertz CT molecular complexity index is 764. The molecule has 7 heteroatoms. The zero-order valence-corrected chi connectivity index (χ0v) is 15.3. The average molecular weight is 374 g/mol. The van der Waals surface area contributed by atoms with Crippen molar-refractivity contribution >= 4 is 36.4 Å². The Labute approximate surface area is 153 Å². The van der Waals surface area contributed by atoms with Gasteiger partial charge < -0.3 is 9.13 Å². The topological polar surface area (TPSA) is 35.6 Å². The van der Waals surface area contributed by atoms with Crippen molar-refractivity contribution in [1.82, 2.24) is 19.1 Å². The van der Waals surface area contributed by atoms with Gasteiger partial charge in [-0.2, -0.15) is 0 Å². The number of aryl methyl sites for hydroxylation is 2. The number of rotatable bonds is 4. The van der Waals surface area contributed by atoms with Crippen molar-refractivity contribution in [3.8, 4) is 5.69 Å². The van der Waals surface area contributed by atoms with Gasteiger partial charge in [-0.05, 0) is 30.7 Å². The van der Waals surface area contributed by atoms with Crippen LogP contribution in [0, 0.1) is 6.92 Å². The van der Waals surface area contributed by atoms with Gasteiger partial charge in [0, 0.05) is 35.7 Å². The number of nitrogens with zero attached hydrogens (tertiary/aromatic N) is 4. The van der Waals surface area contributed by atoms with Gasteiger partial charge in [0.2, 0.25) is 0 Å². The van der Waals surface area contributed by atoms with Crippen molar-refractivity contribution in [3.05, 3.63) is 65.2 Å². The maximum absolute atomic E-state index is 6.07. The van der Waals surface area contributed by atoms with Crippen LogP contribution in [0.2, 0.25) is 5.02 Å². The Hall–Kier alpha value is -1.49. The number of imidazole rings is 2. The minimum atomic E-state index is 0. The zero-order chi connectivity index (χ0) is 14.8. The van der Waals surface area contributed by atoms with Crippen LogP contribution >= 0.6 is 36.4 Å². The predicted octanol–water partition coefficient (Wildman–Crippen LogP) is 4.48. The summed E-state index contributed by atoms with van der Waals surface area (Å²) in [7, 11) is 0. The summed E-state index contributed by atoms with van der Waals surface area (Å²) < 4.78 is 4.14. The molecule has 0 radical (unpaired) electrons. The second-order valence-electron chi connectivity index (χ2n) is 5.03. The molecular formula is C16H19Cl3N4. The Morgan fingerprint density at radius 1 is 1.17 bits per heavy atom. The number of hydrogen-bond acceptors (Lipinski definition) is 2. The van der Waals surface area contributed by atoms with Crippen molar-refractivity contribution in [2.24, 2.45) is 0 Å². The summed E-state index contributed by atoms with van der Waals surface area (Å²) in [6.07, 6.45) is 8.62. The maximum atomic E-state index is 6.07. The fraction of sp³-hybridized carbons (Fsp3) is 0.250. The van der Waals surface area contributed by atoms with E-state index in [1.165, 1.54) is 0 Å². The van der Waals surface area contributed by atoms with E-state index in [1.807, 2.05) is 48.5 Å². The quantitative estimate of drug-likeness (QED) is 0.675. The van der Waals surface area contributed by atoms with Crippen molar-refractivity contribution in [2.75, 3.05) is 0 Å². The second-order valence-corrected chi connectivity index (χ2v) is 5.44. The van der Waals surface area contributed by atoms with Crippen molar-refractivity contribution in [3.63, 3.8) is 0 Å². The lowest BCUT2D eigenvalue weighted by Gasteiger charge is -2.05. The molecule has 4 nitrogen and oxygen atoms in total. The van der Waals surface area contributed by atoms with Gasteiger partial charge in [0.05, 0.1) is 18.6 Å². The van der Waals surface area contributed by atoms with E-state index in [0.717, 1.165) is 40.8 Å². The van der Waals surface area contributed by atoms with E-state index in [-0.39, 0.29) is 24.8 Å². The van der Waals surface area contributed by atoms with Gasteiger partial charge in [0.25, 0.3) is 0 Å². The number of halogens is 3. The van der Waals surface area contributed by atoms with Crippen molar-refractivity contribution in [1.29, 1.82) is 0 Å². The fourth-order valence-electron chi connectivity index (χ4n) is 2.35. The van der Waals surface area contributed by atoms with E-state index in [4.69, 9.17) is 11.6 Å². The van der Waals surface area contributed by atoms with Crippen LogP contribution in [0.4, 0.5) is 0 Å². The van der Waals surface area contributed by atoms with Crippen molar-refractivity contribution in [2.45, 2.75) is 26.8 Å². The smallest absolute Gasteiger partial charge is 0.108 e. The molecular weight excluding hydrogens is 355 g/mol. The minimum Gasteiger partial charge on any atom is -0.329 e. The molecule has 124 valence electrons. The Balaban J connectivity index is 0.00000132. The highest BCUT2D eigenvalue weighted by Gasteiger charge is 2.06. The van der Waals surface area contributed by atoms with Crippen LogP contribution in [0.3, 0.4) is 0 Å². The van der Waals surface area contributed by atoms with Gasteiger partial charge >= 0.3 is 0 Å². The Morgan fingerprint density at radius 3 is 2.65 bits per heavy atom. The van der Waals surface area contributed by atoms with Gasteiger partial charge in [0.15, 0.2) is 0 Å². The normalized spacial score (nSPS) is 10.0. The standard InChI is InChI=1S/C16H17ClN4.2ClH/c1-3-16-18-6-7-20(16)9-13-10-21(11-19-13)14-4-5-15(17)12(2)8-14;;/h4-8,10-11H,3,9H2,1-2H3;2*1H. The van der Waals surface area contributed by atoms with Crippen molar-refractivity contribution < 1.29 is 0 Å². The van der Waals surface area contributed by atoms with Crippen LogP contribution < -0.4 is 0 Å². The number of hydrogen-bond donors (Lipinski definition) is 0. The first-order valence-corrected chi connectivity index (χ1v) is 7.34. The first kappa shape index (κ1) is 19.6. The Morgan fingerprint density at radius 2 is 1.96 bits per heavy atom. The molecule has 1 aromatic carbocycles. The molecule has 2 aromatic heterocycles. The monoisotopic (exact) mass is 372 g/mol. The molecule has 0 N–H and O–H groups in total. The summed E-state index contributed by atoms with van der Waals surface area (Å²) in [5, 5.41) is 0.782. The van der Waals surface area contributed by atoms with Gasteiger partial charge in [-0.25, -0.2) is 9.97 Å². The van der Waals surface area contributed by atoms with E-state index < -0.39 is 0 Å². The Kier molecular flexibility index (Phi) is 7.13. The van der Waals surface area contributed by atoms with Crippen LogP contribution in [0.15, 0.2) is 43.1 Å². The lowest BCUT2D eigenvalue weighted by molar-refractivity contribution is 0.719. The molecule has 3 aromatic rings. The summed E-state index contributed by atoms with van der Waals surface area (Å²) in [5.74, 6) is 1.08. The fourth-order valence-corrected chi connectivity index (χ4v) is 2.47. The number of aromatic nitrogens is 4. The maximum Gasteiger partial charge on any atom is 0.108 e. The molecule has 2 heterocycles. The van der Waals surface area contributed by atoms with E-state index in [1.54, 1.807) is 0 Å². The number of benzene rings is 1. The second kappa shape index (κ2) is 8.39. The molecule has 0 fully saturated rings. The summed E-state index contributed by atoms with van der Waals surface area (Å²) in [6.45, 7) is 4.85. The summed E-state index contributed by atoms with van der Waals surface area (Å²) in [4.78, 5) is 8.81. The van der Waals surface area contributed by atoms with E-state index in [9.17, 15) is 0 Å². The van der Waals surface area contributed by atoms with Crippen LogP contribution in [-0.4, -0.2) is 19.1 Å². The highest BCUT2D eigenvalue weighted by atomic mass is 35.5. The molecule has 0 bridgehead atoms. The third kappa shape index (κ3) is 4.28. The molecule has 3 rings (SSSR count). The van der Waals surface area contributed by atoms with Crippen LogP contribution in [0.1, 0.15) is 24.0 Å². The van der Waals surface area contributed by atoms with Crippen LogP contribution in [-0.2, 0) is 13.0 Å². The lowest BCUT2D eigenvalue weighted by atomic mass is 10.2. The molecule has 0 saturated heterocycles. The largest absolute Gasteiger partial charge is 0.329 e. The van der Waals surface area contributed by atoms with Crippen LogP contribution in [0.5, 0.6) is 0 Å². The van der Waals surface area contributed by atoms with Gasteiger partial charge in [-0.15, -0.1) is 24.8 Å². The van der Waals surface area contributed by atoms with E-state index in [2.05, 4.69) is 27.5 Å². The minimum absolute atomic E-state index is 0. The third-order valence-corrected chi connectivity index (χ3v) is 3.95. The van der Waals surface area contributed by atoms with E-state index >= 15 is 0 Å². The highest BCUT2D eigenvalue weighted by Crippen LogP contribution is 2.19. The van der Waals surface area contributed by atoms with Gasteiger partial charge in [0.1, 0.15) is 5.82 Å². The molecule has 0 aliphatic carbocycles. The zero-order valence-electron chi connectivity index (χ0n) is 12.9. The SMILES string of the molecule is CCc1nccn1Cc1cn(-c2ccc(Cl)c(C)c2)cn1.Cl.Cl. The van der Waals surface area contributed by atoms with E-state index in [0.29, 0.717) is 0 Å². The third-order valence-electron chi connectivity index (χ3n) is 3.53. The molecule has 0 aliphatic rings. The van der Waals surface area contributed by atoms with Gasteiger partial charge in [-0.3, -0.25) is 0 Å². The summed E-state index contributed by atoms with van der Waals surface area (Å²) in [5.41, 5.74) is 3.14. The van der Waals surface area contributed by atoms with Gasteiger partial charge in [-0.1, -0.05) is 18.5 Å². The summed E-state index contributed by atoms with van der Waals surface area (Å²) in [6, 6.07) is 5.97. The molecule has 0 unspecified atom stereocenters. The predicted molar refractivity (Wildman–Crippen MR) is 98.5 cm³/mol. The molecule has 23 heavy (non-hydrogen) atoms. The summed E-state index contributed by atoms with van der Waals surface area (Å²) >= 11 is 6.07. The average Bonchev–Trinajstić information content (AvgIpc) is 3.11. The highest BCUT2D eigenvalue weighted by molar-refractivity contribution is 6.31. The molecule has 0 saturated carbocycles. The lowest BCUT2D eigenvalue weighted by Crippen LogP contribution is -2.03. The first-order valence-electron chi connectivity index (χ1n) is 6.96. The molecule has 0 aliphatic heterocycles.